The highest BCUT2D eigenvalue weighted by Gasteiger charge is 2.45. The zero-order valence-corrected chi connectivity index (χ0v) is 20.8. The van der Waals surface area contributed by atoms with Gasteiger partial charge >= 0.3 is 0 Å². The lowest BCUT2D eigenvalue weighted by Crippen LogP contribution is -2.70. The van der Waals surface area contributed by atoms with E-state index in [9.17, 15) is 0 Å². The van der Waals surface area contributed by atoms with E-state index in [4.69, 9.17) is 0 Å². The maximum atomic E-state index is 4.01. The maximum absolute atomic E-state index is 4.01. The first-order valence-corrected chi connectivity index (χ1v) is 13.9. The number of hydrogen-bond donors (Lipinski definition) is 1. The molecule has 3 aliphatic rings. The van der Waals surface area contributed by atoms with Crippen LogP contribution in [0.5, 0.6) is 0 Å². The van der Waals surface area contributed by atoms with E-state index in [1.54, 1.807) is 0 Å². The molecular weight excluding hydrogens is 366 g/mol. The van der Waals surface area contributed by atoms with Crippen molar-refractivity contribution in [2.24, 2.45) is 0 Å². The summed E-state index contributed by atoms with van der Waals surface area (Å²) in [6.45, 7) is 11.3. The molecular formula is C27H53N3. The van der Waals surface area contributed by atoms with E-state index >= 15 is 0 Å². The Morgan fingerprint density at radius 1 is 0.767 bits per heavy atom. The van der Waals surface area contributed by atoms with E-state index in [-0.39, 0.29) is 5.54 Å². The molecule has 2 saturated carbocycles. The van der Waals surface area contributed by atoms with Gasteiger partial charge in [0.25, 0.3) is 0 Å². The molecule has 3 rings (SSSR count). The van der Waals surface area contributed by atoms with Gasteiger partial charge in [-0.3, -0.25) is 9.80 Å². The third-order valence-electron chi connectivity index (χ3n) is 8.39. The Morgan fingerprint density at radius 3 is 1.93 bits per heavy atom. The molecule has 0 amide bonds. The normalized spacial score (nSPS) is 25.8. The lowest BCUT2D eigenvalue weighted by molar-refractivity contribution is -0.0732. The molecule has 0 aromatic carbocycles. The quantitative estimate of drug-likeness (QED) is 0.375. The summed E-state index contributed by atoms with van der Waals surface area (Å²) < 4.78 is 0. The Kier molecular flexibility index (Phi) is 10.5. The summed E-state index contributed by atoms with van der Waals surface area (Å²) in [5, 5.41) is 4.01. The van der Waals surface area contributed by atoms with Crippen LogP contribution in [0.2, 0.25) is 0 Å². The van der Waals surface area contributed by atoms with Crippen LogP contribution in [0.15, 0.2) is 0 Å². The summed E-state index contributed by atoms with van der Waals surface area (Å²) in [6, 6.07) is 1.63. The molecule has 1 unspecified atom stereocenters. The molecule has 30 heavy (non-hydrogen) atoms. The number of rotatable bonds is 11. The third-order valence-corrected chi connectivity index (χ3v) is 8.39. The predicted molar refractivity (Wildman–Crippen MR) is 131 cm³/mol. The molecule has 0 radical (unpaired) electrons. The van der Waals surface area contributed by atoms with E-state index in [0.29, 0.717) is 6.17 Å². The number of hydrogen-bond acceptors (Lipinski definition) is 3. The Hall–Kier alpha value is -0.120. The van der Waals surface area contributed by atoms with E-state index in [0.717, 1.165) is 12.1 Å². The summed E-state index contributed by atoms with van der Waals surface area (Å²) in [5.74, 6) is 0. The van der Waals surface area contributed by atoms with Gasteiger partial charge in [0.1, 0.15) is 0 Å². The Morgan fingerprint density at radius 2 is 1.33 bits per heavy atom. The third kappa shape index (κ3) is 6.69. The summed E-state index contributed by atoms with van der Waals surface area (Å²) in [7, 11) is 0. The molecule has 1 saturated heterocycles. The fraction of sp³-hybridized carbons (Fsp3) is 1.00. The van der Waals surface area contributed by atoms with Crippen molar-refractivity contribution < 1.29 is 0 Å². The summed E-state index contributed by atoms with van der Waals surface area (Å²) in [6.07, 6.45) is 24.7. The van der Waals surface area contributed by atoms with E-state index in [1.165, 1.54) is 129 Å². The van der Waals surface area contributed by atoms with Crippen LogP contribution in [0.4, 0.5) is 0 Å². The van der Waals surface area contributed by atoms with Gasteiger partial charge in [-0.05, 0) is 65.5 Å². The van der Waals surface area contributed by atoms with Crippen LogP contribution in [0.25, 0.3) is 0 Å². The van der Waals surface area contributed by atoms with Gasteiger partial charge in [0, 0.05) is 24.2 Å². The van der Waals surface area contributed by atoms with Gasteiger partial charge in [-0.1, -0.05) is 77.6 Å². The average molecular weight is 420 g/mol. The molecule has 3 nitrogen and oxygen atoms in total. The number of nitrogens with one attached hydrogen (secondary N) is 1. The standard InChI is InChI=1S/C27H53N3/c1-4-5-6-7-8-15-22-29-23-16-21-28-26(29)27(2,3)30(24-17-11-9-12-18-24)25-19-13-10-14-20-25/h24-26,28H,4-23H2,1-3H3. The minimum absolute atomic E-state index is 0.215. The maximum Gasteiger partial charge on any atom is 0.0781 e. The molecule has 3 fully saturated rings. The van der Waals surface area contributed by atoms with Crippen LogP contribution in [-0.2, 0) is 0 Å². The molecule has 1 heterocycles. The molecule has 0 spiro atoms. The predicted octanol–water partition coefficient (Wildman–Crippen LogP) is 6.71. The Labute approximate surface area is 188 Å². The van der Waals surface area contributed by atoms with Crippen molar-refractivity contribution in [1.29, 1.82) is 0 Å². The molecule has 3 heteroatoms. The van der Waals surface area contributed by atoms with Crippen molar-refractivity contribution in [2.75, 3.05) is 19.6 Å². The van der Waals surface area contributed by atoms with Gasteiger partial charge in [0.05, 0.1) is 6.17 Å². The summed E-state index contributed by atoms with van der Waals surface area (Å²) >= 11 is 0. The topological polar surface area (TPSA) is 18.5 Å². The lowest BCUT2D eigenvalue weighted by atomic mass is 9.82. The Balaban J connectivity index is 1.66. The van der Waals surface area contributed by atoms with Crippen LogP contribution >= 0.6 is 0 Å². The van der Waals surface area contributed by atoms with Gasteiger partial charge < -0.3 is 5.32 Å². The zero-order valence-electron chi connectivity index (χ0n) is 20.8. The molecule has 176 valence electrons. The molecule has 1 atom stereocenters. The second kappa shape index (κ2) is 12.8. The van der Waals surface area contributed by atoms with Gasteiger partial charge in [-0.25, -0.2) is 0 Å². The highest BCUT2D eigenvalue weighted by Crippen LogP contribution is 2.38. The van der Waals surface area contributed by atoms with Gasteiger partial charge in [0.2, 0.25) is 0 Å². The monoisotopic (exact) mass is 419 g/mol. The van der Waals surface area contributed by atoms with Crippen molar-refractivity contribution in [3.05, 3.63) is 0 Å². The lowest BCUT2D eigenvalue weighted by Gasteiger charge is -2.56. The second-order valence-electron chi connectivity index (χ2n) is 11.2. The number of unbranched alkanes of at least 4 members (excludes halogenated alkanes) is 5. The molecule has 0 aromatic heterocycles. The molecule has 1 N–H and O–H groups in total. The van der Waals surface area contributed by atoms with Gasteiger partial charge in [-0.2, -0.15) is 0 Å². The first-order valence-electron chi connectivity index (χ1n) is 13.9. The van der Waals surface area contributed by atoms with Crippen molar-refractivity contribution in [3.63, 3.8) is 0 Å². The molecule has 2 aliphatic carbocycles. The van der Waals surface area contributed by atoms with Crippen LogP contribution in [0.3, 0.4) is 0 Å². The summed E-state index contributed by atoms with van der Waals surface area (Å²) in [5.41, 5.74) is 0.215. The van der Waals surface area contributed by atoms with Crippen molar-refractivity contribution in [2.45, 2.75) is 154 Å². The molecule has 0 bridgehead atoms. The highest BCUT2D eigenvalue weighted by atomic mass is 15.4. The van der Waals surface area contributed by atoms with Crippen molar-refractivity contribution in [3.8, 4) is 0 Å². The van der Waals surface area contributed by atoms with Crippen LogP contribution < -0.4 is 5.32 Å². The average Bonchev–Trinajstić information content (AvgIpc) is 2.78. The van der Waals surface area contributed by atoms with Crippen molar-refractivity contribution >= 4 is 0 Å². The fourth-order valence-corrected chi connectivity index (χ4v) is 6.91. The molecule has 0 aromatic rings. The first-order chi connectivity index (χ1) is 14.6. The largest absolute Gasteiger partial charge is 0.300 e. The van der Waals surface area contributed by atoms with Crippen LogP contribution in [0.1, 0.15) is 130 Å². The Bertz CT molecular complexity index is 433. The van der Waals surface area contributed by atoms with Crippen LogP contribution in [-0.4, -0.2) is 53.2 Å². The smallest absolute Gasteiger partial charge is 0.0781 e. The van der Waals surface area contributed by atoms with Crippen LogP contribution in [0, 0.1) is 0 Å². The second-order valence-corrected chi connectivity index (χ2v) is 11.2. The highest BCUT2D eigenvalue weighted by molar-refractivity contribution is 5.01. The van der Waals surface area contributed by atoms with E-state index in [1.807, 2.05) is 0 Å². The first kappa shape index (κ1) is 24.5. The zero-order chi connectivity index (χ0) is 21.2. The summed E-state index contributed by atoms with van der Waals surface area (Å²) in [4.78, 5) is 5.91. The number of nitrogens with zero attached hydrogens (tertiary/aromatic N) is 2. The fourth-order valence-electron chi connectivity index (χ4n) is 6.91. The van der Waals surface area contributed by atoms with Gasteiger partial charge in [0.15, 0.2) is 0 Å². The molecule has 1 aliphatic heterocycles. The van der Waals surface area contributed by atoms with Crippen molar-refractivity contribution in [1.82, 2.24) is 15.1 Å². The van der Waals surface area contributed by atoms with E-state index in [2.05, 4.69) is 35.9 Å². The van der Waals surface area contributed by atoms with E-state index < -0.39 is 0 Å². The SMILES string of the molecule is CCCCCCCCN1CCCNC1C(C)(C)N(C1CCCCC1)C1CCCCC1. The minimum atomic E-state index is 0.215. The van der Waals surface area contributed by atoms with Gasteiger partial charge in [-0.15, -0.1) is 0 Å². The minimum Gasteiger partial charge on any atom is -0.300 e.